The van der Waals surface area contributed by atoms with Crippen LogP contribution < -0.4 is 0 Å². The minimum Gasteiger partial charge on any atom is -0.0885 e. The summed E-state index contributed by atoms with van der Waals surface area (Å²) in [6.07, 6.45) is 81.8. The highest BCUT2D eigenvalue weighted by molar-refractivity contribution is 5.22. The number of hydrogen-bond acceptors (Lipinski definition) is 0. The zero-order chi connectivity index (χ0) is 58.2. The highest BCUT2D eigenvalue weighted by Crippen LogP contribution is 2.38. The van der Waals surface area contributed by atoms with Crippen LogP contribution in [0.3, 0.4) is 0 Å². The second-order valence-electron chi connectivity index (χ2n) is 32.2. The molecule has 0 heteroatoms. The molecule has 0 saturated heterocycles. The van der Waals surface area contributed by atoms with Crippen LogP contribution in [0.2, 0.25) is 0 Å². The highest BCUT2D eigenvalue weighted by atomic mass is 14.3. The first-order valence-electron chi connectivity index (χ1n) is 32.3. The first kappa shape index (κ1) is 72.4. The van der Waals surface area contributed by atoms with Crippen molar-refractivity contribution in [2.45, 2.75) is 312 Å². The van der Waals surface area contributed by atoms with Crippen LogP contribution in [0.4, 0.5) is 0 Å². The summed E-state index contributed by atoms with van der Waals surface area (Å²) in [6.45, 7) is 46.0. The molecule has 3 saturated carbocycles. The molecule has 0 aromatic rings. The third-order valence-electron chi connectivity index (χ3n) is 17.2. The lowest BCUT2D eigenvalue weighted by atomic mass is 9.78. The summed E-state index contributed by atoms with van der Waals surface area (Å²) in [5, 5.41) is 0. The maximum absolute atomic E-state index is 2.40. The van der Waals surface area contributed by atoms with Crippen molar-refractivity contribution >= 4 is 0 Å². The van der Waals surface area contributed by atoms with E-state index in [0.29, 0.717) is 54.1 Å². The molecule has 10 rings (SSSR count). The number of rotatable bonds is 0. The fourth-order valence-corrected chi connectivity index (χ4v) is 11.0. The molecule has 0 heterocycles. The maximum Gasteiger partial charge on any atom is 0.00106 e. The molecule has 77 heavy (non-hydrogen) atoms. The SMILES string of the molecule is CC1(C)C=CC=C1.CC1(C)C=CC=CC1.CC1(C)C=CCC1.CC1(C)C=CCC=C1.CC1(C)C=CCCC1.CC1(C)CC=CC1.CC1(C)CC=CCC1.CC1(C)CCCC1.CC1(C)CCCCC1.CC1(C)CCCCCC1. The molecular weight excluding hydrogens is 925 g/mol. The molecule has 0 aromatic heterocycles. The van der Waals surface area contributed by atoms with Crippen LogP contribution >= 0.6 is 0 Å². The van der Waals surface area contributed by atoms with E-state index < -0.39 is 0 Å². The number of hydrogen-bond donors (Lipinski definition) is 0. The fraction of sp³-hybridized carbons (Fsp3) is 0.740. The third kappa shape index (κ3) is 42.0. The van der Waals surface area contributed by atoms with E-state index in [-0.39, 0.29) is 0 Å². The van der Waals surface area contributed by atoms with Crippen molar-refractivity contribution in [3.63, 3.8) is 0 Å². The van der Waals surface area contributed by atoms with Gasteiger partial charge in [-0.15, -0.1) is 0 Å². The van der Waals surface area contributed by atoms with Crippen molar-refractivity contribution < 1.29 is 0 Å². The Morgan fingerprint density at radius 3 is 0.792 bits per heavy atom. The van der Waals surface area contributed by atoms with E-state index in [2.05, 4.69) is 260 Å². The van der Waals surface area contributed by atoms with Gasteiger partial charge in [0.15, 0.2) is 0 Å². The quantitative estimate of drug-likeness (QED) is 0.168. The monoisotopic (exact) mass is 1060 g/mol. The molecule has 3 fully saturated rings. The van der Waals surface area contributed by atoms with E-state index >= 15 is 0 Å². The van der Waals surface area contributed by atoms with Crippen LogP contribution in [-0.2, 0) is 0 Å². The van der Waals surface area contributed by atoms with Gasteiger partial charge >= 0.3 is 0 Å². The molecule has 442 valence electrons. The van der Waals surface area contributed by atoms with Crippen LogP contribution in [0.15, 0.2) is 122 Å². The summed E-state index contributed by atoms with van der Waals surface area (Å²) in [5.41, 5.74) is 5.29. The molecule has 0 spiro atoms. The van der Waals surface area contributed by atoms with Crippen molar-refractivity contribution in [3.05, 3.63) is 122 Å². The number of allylic oxidation sites excluding steroid dienone is 20. The molecule has 0 N–H and O–H groups in total. The first-order valence-corrected chi connectivity index (χ1v) is 32.3. The van der Waals surface area contributed by atoms with Gasteiger partial charge in [0.05, 0.1) is 0 Å². The van der Waals surface area contributed by atoms with E-state index in [9.17, 15) is 0 Å². The lowest BCUT2D eigenvalue weighted by molar-refractivity contribution is 0.244. The largest absolute Gasteiger partial charge is 0.0885 e. The van der Waals surface area contributed by atoms with Gasteiger partial charge in [0.1, 0.15) is 0 Å². The van der Waals surface area contributed by atoms with Crippen LogP contribution in [-0.4, -0.2) is 0 Å². The minimum atomic E-state index is 0.318. The zero-order valence-corrected chi connectivity index (χ0v) is 55.6. The lowest BCUT2D eigenvalue weighted by Gasteiger charge is -2.28. The molecular formula is C77H134. The van der Waals surface area contributed by atoms with Gasteiger partial charge in [0, 0.05) is 10.8 Å². The van der Waals surface area contributed by atoms with Gasteiger partial charge in [-0.1, -0.05) is 318 Å². The molecule has 0 aliphatic heterocycles. The third-order valence-corrected chi connectivity index (χ3v) is 17.2. The minimum absolute atomic E-state index is 0.318. The van der Waals surface area contributed by atoms with Crippen molar-refractivity contribution in [1.29, 1.82) is 0 Å². The van der Waals surface area contributed by atoms with Gasteiger partial charge in [-0.25, -0.2) is 0 Å². The lowest BCUT2D eigenvalue weighted by Crippen LogP contribution is -2.14. The molecule has 0 unspecified atom stereocenters. The van der Waals surface area contributed by atoms with Crippen molar-refractivity contribution in [1.82, 2.24) is 0 Å². The summed E-state index contributed by atoms with van der Waals surface area (Å²) >= 11 is 0. The van der Waals surface area contributed by atoms with Crippen molar-refractivity contribution in [2.24, 2.45) is 54.1 Å². The Bertz CT molecular complexity index is 1790. The Labute approximate surface area is 485 Å². The smallest absolute Gasteiger partial charge is 0.00106 e. The summed E-state index contributed by atoms with van der Waals surface area (Å²) in [6, 6.07) is 0. The molecule has 10 aliphatic carbocycles. The van der Waals surface area contributed by atoms with Crippen molar-refractivity contribution in [2.75, 3.05) is 0 Å². The normalized spacial score (nSPS) is 25.8. The van der Waals surface area contributed by atoms with E-state index in [1.807, 2.05) is 0 Å². The Kier molecular flexibility index (Phi) is 33.2. The first-order chi connectivity index (χ1) is 35.6. The predicted octanol–water partition coefficient (Wildman–Crippen LogP) is 26.4. The van der Waals surface area contributed by atoms with E-state index in [1.54, 1.807) is 0 Å². The molecule has 10 aliphatic rings. The summed E-state index contributed by atoms with van der Waals surface area (Å²) in [4.78, 5) is 0. The Hall–Kier alpha value is -2.60. The van der Waals surface area contributed by atoms with Crippen LogP contribution in [0.5, 0.6) is 0 Å². The maximum atomic E-state index is 2.40. The molecule has 0 atom stereocenters. The topological polar surface area (TPSA) is 0 Å². The van der Waals surface area contributed by atoms with Gasteiger partial charge in [0.2, 0.25) is 0 Å². The van der Waals surface area contributed by atoms with E-state index in [1.165, 1.54) is 167 Å². The summed E-state index contributed by atoms with van der Waals surface area (Å²) in [5.74, 6) is 0. The second kappa shape index (κ2) is 35.3. The van der Waals surface area contributed by atoms with E-state index in [4.69, 9.17) is 0 Å². The summed E-state index contributed by atoms with van der Waals surface area (Å²) in [7, 11) is 0. The van der Waals surface area contributed by atoms with Gasteiger partial charge in [0.25, 0.3) is 0 Å². The van der Waals surface area contributed by atoms with Crippen LogP contribution in [0, 0.1) is 54.1 Å². The fourth-order valence-electron chi connectivity index (χ4n) is 11.0. The Morgan fingerprint density at radius 1 is 0.208 bits per heavy atom. The van der Waals surface area contributed by atoms with Crippen molar-refractivity contribution in [3.8, 4) is 0 Å². The van der Waals surface area contributed by atoms with Crippen LogP contribution in [0.25, 0.3) is 0 Å². The van der Waals surface area contributed by atoms with Gasteiger partial charge in [-0.3, -0.25) is 0 Å². The second-order valence-corrected chi connectivity index (χ2v) is 32.2. The zero-order valence-electron chi connectivity index (χ0n) is 55.6. The van der Waals surface area contributed by atoms with E-state index in [0.717, 1.165) is 6.42 Å². The van der Waals surface area contributed by atoms with Gasteiger partial charge < -0.3 is 0 Å². The Balaban J connectivity index is 0.000000428. The molecule has 0 radical (unpaired) electrons. The Morgan fingerprint density at radius 2 is 0.584 bits per heavy atom. The molecule has 0 nitrogen and oxygen atoms in total. The van der Waals surface area contributed by atoms with Gasteiger partial charge in [-0.05, 0) is 159 Å². The average molecular weight is 1060 g/mol. The van der Waals surface area contributed by atoms with Gasteiger partial charge in [-0.2, -0.15) is 0 Å². The molecule has 0 bridgehead atoms. The van der Waals surface area contributed by atoms with Crippen LogP contribution in [0.1, 0.15) is 312 Å². The predicted molar refractivity (Wildman–Crippen MR) is 354 cm³/mol. The molecule has 0 amide bonds. The average Bonchev–Trinajstić information content (AvgIpc) is 4.12. The standard InChI is InChI=1S/C9H18.C8H16.2C8H14.2C8H12.C7H14.2C7H12.C7H10/c1-9(2)7-5-3-4-6-8-9;5*1-8(2)6-4-3-5-7-8;4*1-7(2)5-3-4-6-7/h3-8H2,1-2H3;3-7H2,1-2H3;4,6H,3,5,7H2,1-2H3;3-4H,5-7H2,1-2H3;4-7H,3H2,1-2H3;3-6H,7H2,1-2H3;3-6H2,1-2H3;3,5H,4,6H2,1-2H3;3-4H,5-6H2,1-2H3;3-6H,1-2H3. The highest BCUT2D eigenvalue weighted by Gasteiger charge is 2.23. The molecule has 0 aromatic carbocycles. The summed E-state index contributed by atoms with van der Waals surface area (Å²) < 4.78 is 0.